The first-order chi connectivity index (χ1) is 16.4. The van der Waals surface area contributed by atoms with Crippen molar-refractivity contribution in [1.29, 1.82) is 0 Å². The lowest BCUT2D eigenvalue weighted by molar-refractivity contribution is -0.134. The zero-order valence-corrected chi connectivity index (χ0v) is 19.3. The molecule has 0 aliphatic carbocycles. The maximum Gasteiger partial charge on any atom is 0.325 e. The number of piperidine rings is 1. The summed E-state index contributed by atoms with van der Waals surface area (Å²) in [5.74, 6) is 4.20. The first-order valence-corrected chi connectivity index (χ1v) is 11.7. The summed E-state index contributed by atoms with van der Waals surface area (Å²) in [6.07, 6.45) is 2.56. The van der Waals surface area contributed by atoms with Crippen molar-refractivity contribution in [3.8, 4) is 11.8 Å². The molecule has 0 spiro atoms. The van der Waals surface area contributed by atoms with Crippen molar-refractivity contribution in [2.45, 2.75) is 44.7 Å². The van der Waals surface area contributed by atoms with Crippen molar-refractivity contribution in [1.82, 2.24) is 15.1 Å². The van der Waals surface area contributed by atoms with Gasteiger partial charge in [0, 0.05) is 18.2 Å². The van der Waals surface area contributed by atoms with Gasteiger partial charge in [-0.3, -0.25) is 14.6 Å². The summed E-state index contributed by atoms with van der Waals surface area (Å²) in [6, 6.07) is 13.2. The Labute approximate surface area is 199 Å². The van der Waals surface area contributed by atoms with Crippen LogP contribution in [0.1, 0.15) is 37.3 Å². The van der Waals surface area contributed by atoms with E-state index >= 15 is 0 Å². The third-order valence-electron chi connectivity index (χ3n) is 6.96. The minimum atomic E-state index is -0.977. The maximum atomic E-state index is 14.1. The molecule has 2 aromatic carbocycles. The number of carbonyl (C=O) groups is 2. The van der Waals surface area contributed by atoms with E-state index in [-0.39, 0.29) is 18.4 Å². The quantitative estimate of drug-likeness (QED) is 0.494. The number of nitrogens with zero attached hydrogens (tertiary/aromatic N) is 2. The highest BCUT2D eigenvalue weighted by Gasteiger charge is 2.55. The number of hydrogen-bond donors (Lipinski definition) is 1. The average molecular weight is 466 g/mol. The van der Waals surface area contributed by atoms with E-state index in [1.54, 1.807) is 6.92 Å². The number of benzene rings is 2. The van der Waals surface area contributed by atoms with Gasteiger partial charge in [-0.15, -0.1) is 5.92 Å². The number of amides is 3. The number of rotatable bonds is 7. The molecule has 0 aromatic heterocycles. The SMILES string of the molecule is CC#CCN1C(=O)NC(CCc2ccccc2)(C2CCN(Cc3ccc(F)cc3F)CC2)C1=O. The average Bonchev–Trinajstić information content (AvgIpc) is 3.09. The van der Waals surface area contributed by atoms with Crippen LogP contribution >= 0.6 is 0 Å². The van der Waals surface area contributed by atoms with Gasteiger partial charge in [0.2, 0.25) is 0 Å². The molecule has 2 aliphatic rings. The smallest absolute Gasteiger partial charge is 0.323 e. The topological polar surface area (TPSA) is 52.7 Å². The molecule has 34 heavy (non-hydrogen) atoms. The molecule has 2 fully saturated rings. The largest absolute Gasteiger partial charge is 0.325 e. The highest BCUT2D eigenvalue weighted by molar-refractivity contribution is 6.07. The van der Waals surface area contributed by atoms with Crippen LogP contribution in [0.3, 0.4) is 0 Å². The Bertz CT molecular complexity index is 1100. The van der Waals surface area contributed by atoms with Gasteiger partial charge in [-0.25, -0.2) is 13.6 Å². The molecule has 7 heteroatoms. The molecule has 2 aromatic rings. The maximum absolute atomic E-state index is 14.1. The summed E-state index contributed by atoms with van der Waals surface area (Å²) >= 11 is 0. The molecular weight excluding hydrogens is 436 g/mol. The lowest BCUT2D eigenvalue weighted by Crippen LogP contribution is -2.56. The lowest BCUT2D eigenvalue weighted by Gasteiger charge is -2.41. The Morgan fingerprint density at radius 2 is 1.82 bits per heavy atom. The molecule has 1 unspecified atom stereocenters. The third-order valence-corrected chi connectivity index (χ3v) is 6.96. The van der Waals surface area contributed by atoms with Gasteiger partial charge in [-0.05, 0) is 63.2 Å². The Morgan fingerprint density at radius 3 is 2.50 bits per heavy atom. The van der Waals surface area contributed by atoms with Gasteiger partial charge in [-0.2, -0.15) is 0 Å². The van der Waals surface area contributed by atoms with Crippen molar-refractivity contribution in [2.75, 3.05) is 19.6 Å². The predicted molar refractivity (Wildman–Crippen MR) is 126 cm³/mol. The number of halogens is 2. The van der Waals surface area contributed by atoms with E-state index in [0.717, 1.165) is 11.6 Å². The zero-order chi connectivity index (χ0) is 24.1. The second-order valence-corrected chi connectivity index (χ2v) is 8.99. The second kappa shape index (κ2) is 10.4. The molecule has 178 valence electrons. The highest BCUT2D eigenvalue weighted by Crippen LogP contribution is 2.37. The number of likely N-dealkylation sites (tertiary alicyclic amines) is 1. The van der Waals surface area contributed by atoms with Gasteiger partial charge in [0.05, 0.1) is 6.54 Å². The van der Waals surface area contributed by atoms with Crippen molar-refractivity contribution >= 4 is 11.9 Å². The van der Waals surface area contributed by atoms with Crippen LogP contribution in [-0.4, -0.2) is 46.9 Å². The fraction of sp³-hybridized carbons (Fsp3) is 0.407. The van der Waals surface area contributed by atoms with Crippen LogP contribution in [-0.2, 0) is 17.8 Å². The molecule has 1 atom stereocenters. The summed E-state index contributed by atoms with van der Waals surface area (Å²) in [4.78, 5) is 29.7. The molecule has 0 radical (unpaired) electrons. The van der Waals surface area contributed by atoms with E-state index in [9.17, 15) is 18.4 Å². The summed E-state index contributed by atoms with van der Waals surface area (Å²) < 4.78 is 27.3. The first-order valence-electron chi connectivity index (χ1n) is 11.7. The normalized spacial score (nSPS) is 21.3. The minimum Gasteiger partial charge on any atom is -0.323 e. The minimum absolute atomic E-state index is 0.0402. The summed E-state index contributed by atoms with van der Waals surface area (Å²) in [5.41, 5.74) is 0.586. The standard InChI is InChI=1S/C27H29F2N3O2/c1-2-3-15-32-25(33)27(30-26(32)34,14-11-20-7-5-4-6-8-20)22-12-16-31(17-13-22)19-21-9-10-23(28)18-24(21)29/h4-10,18,22H,11-17,19H2,1H3,(H,30,34). The molecule has 5 nitrogen and oxygen atoms in total. The first kappa shape index (κ1) is 23.9. The van der Waals surface area contributed by atoms with Crippen LogP contribution in [0.5, 0.6) is 0 Å². The Hall–Kier alpha value is -3.24. The summed E-state index contributed by atoms with van der Waals surface area (Å²) in [7, 11) is 0. The van der Waals surface area contributed by atoms with E-state index in [1.165, 1.54) is 17.0 Å². The van der Waals surface area contributed by atoms with E-state index in [0.29, 0.717) is 50.9 Å². The number of nitrogens with one attached hydrogen (secondary N) is 1. The van der Waals surface area contributed by atoms with E-state index in [2.05, 4.69) is 22.1 Å². The molecule has 3 amide bonds. The molecule has 0 bridgehead atoms. The predicted octanol–water partition coefficient (Wildman–Crippen LogP) is 4.12. The Balaban J connectivity index is 1.49. The number of hydrogen-bond acceptors (Lipinski definition) is 3. The fourth-order valence-electron chi connectivity index (χ4n) is 5.06. The zero-order valence-electron chi connectivity index (χ0n) is 19.3. The van der Waals surface area contributed by atoms with Crippen molar-refractivity contribution in [3.05, 3.63) is 71.3 Å². The number of aryl methyl sites for hydroxylation is 1. The Morgan fingerprint density at radius 1 is 1.09 bits per heavy atom. The van der Waals surface area contributed by atoms with Crippen LogP contribution in [0.2, 0.25) is 0 Å². The van der Waals surface area contributed by atoms with Gasteiger partial charge < -0.3 is 5.32 Å². The molecule has 2 heterocycles. The van der Waals surface area contributed by atoms with Gasteiger partial charge >= 0.3 is 6.03 Å². The van der Waals surface area contributed by atoms with Gasteiger partial charge in [-0.1, -0.05) is 42.3 Å². The van der Waals surface area contributed by atoms with Crippen molar-refractivity contribution in [3.63, 3.8) is 0 Å². The number of urea groups is 1. The van der Waals surface area contributed by atoms with Crippen LogP contribution < -0.4 is 5.32 Å². The van der Waals surface area contributed by atoms with Crippen molar-refractivity contribution in [2.24, 2.45) is 5.92 Å². The molecule has 1 N–H and O–H groups in total. The third kappa shape index (κ3) is 4.97. The number of imide groups is 1. The molecule has 2 saturated heterocycles. The highest BCUT2D eigenvalue weighted by atomic mass is 19.1. The fourth-order valence-corrected chi connectivity index (χ4v) is 5.06. The van der Waals surface area contributed by atoms with Crippen LogP contribution in [0.4, 0.5) is 13.6 Å². The van der Waals surface area contributed by atoms with Crippen LogP contribution in [0.25, 0.3) is 0 Å². The summed E-state index contributed by atoms with van der Waals surface area (Å²) in [5, 5.41) is 3.05. The molecular formula is C27H29F2N3O2. The number of carbonyl (C=O) groups excluding carboxylic acids is 2. The second-order valence-electron chi connectivity index (χ2n) is 8.99. The molecule has 4 rings (SSSR count). The van der Waals surface area contributed by atoms with Crippen LogP contribution in [0, 0.1) is 29.4 Å². The summed E-state index contributed by atoms with van der Waals surface area (Å²) in [6.45, 7) is 3.46. The Kier molecular flexibility index (Phi) is 7.28. The van der Waals surface area contributed by atoms with Crippen molar-refractivity contribution < 1.29 is 18.4 Å². The lowest BCUT2D eigenvalue weighted by atomic mass is 9.74. The molecule has 0 saturated carbocycles. The van der Waals surface area contributed by atoms with E-state index in [1.807, 2.05) is 30.3 Å². The van der Waals surface area contributed by atoms with Gasteiger partial charge in [0.1, 0.15) is 17.2 Å². The van der Waals surface area contributed by atoms with Gasteiger partial charge in [0.25, 0.3) is 5.91 Å². The van der Waals surface area contributed by atoms with E-state index < -0.39 is 23.2 Å². The molecule has 2 aliphatic heterocycles. The van der Waals surface area contributed by atoms with E-state index in [4.69, 9.17) is 0 Å². The van der Waals surface area contributed by atoms with Crippen LogP contribution in [0.15, 0.2) is 48.5 Å². The van der Waals surface area contributed by atoms with Gasteiger partial charge in [0.15, 0.2) is 0 Å². The monoisotopic (exact) mass is 465 g/mol.